The third-order valence-electron chi connectivity index (χ3n) is 6.14. The van der Waals surface area contributed by atoms with Gasteiger partial charge in [0.25, 0.3) is 0 Å². The molecule has 5 rings (SSSR count). The first-order valence-electron chi connectivity index (χ1n) is 9.57. The lowest BCUT2D eigenvalue weighted by atomic mass is 9.72. The second-order valence-corrected chi connectivity index (χ2v) is 8.04. The van der Waals surface area contributed by atoms with E-state index in [9.17, 15) is 4.79 Å². The largest absolute Gasteiger partial charge is 0.493 e. The van der Waals surface area contributed by atoms with Crippen molar-refractivity contribution in [3.05, 3.63) is 71.3 Å². The van der Waals surface area contributed by atoms with Crippen LogP contribution < -0.4 is 9.47 Å². The first-order chi connectivity index (χ1) is 13.9. The molecule has 5 heteroatoms. The zero-order chi connectivity index (χ0) is 20.4. The lowest BCUT2D eigenvalue weighted by Gasteiger charge is -2.40. The SMILES string of the molecule is COc1cc2c(cc1OC)C(C)(C)C1OC(=O)C2(c2cccc3ccccc23)O1. The first kappa shape index (κ1) is 18.0. The van der Waals surface area contributed by atoms with Gasteiger partial charge >= 0.3 is 5.97 Å². The van der Waals surface area contributed by atoms with E-state index in [0.29, 0.717) is 11.5 Å². The van der Waals surface area contributed by atoms with Crippen molar-refractivity contribution in [1.82, 2.24) is 0 Å². The van der Waals surface area contributed by atoms with Gasteiger partial charge in [-0.15, -0.1) is 0 Å². The van der Waals surface area contributed by atoms with E-state index in [-0.39, 0.29) is 0 Å². The van der Waals surface area contributed by atoms with E-state index in [4.69, 9.17) is 18.9 Å². The van der Waals surface area contributed by atoms with Gasteiger partial charge in [-0.25, -0.2) is 4.79 Å². The summed E-state index contributed by atoms with van der Waals surface area (Å²) in [4.78, 5) is 13.4. The highest BCUT2D eigenvalue weighted by Crippen LogP contribution is 2.56. The summed E-state index contributed by atoms with van der Waals surface area (Å²) in [5.74, 6) is 0.752. The lowest BCUT2D eigenvalue weighted by Crippen LogP contribution is -2.45. The molecule has 2 aliphatic rings. The number of ether oxygens (including phenoxy) is 4. The number of benzene rings is 3. The lowest BCUT2D eigenvalue weighted by molar-refractivity contribution is -0.149. The molecule has 0 N–H and O–H groups in total. The van der Waals surface area contributed by atoms with E-state index >= 15 is 0 Å². The Bertz CT molecular complexity index is 1140. The maximum Gasteiger partial charge on any atom is 0.350 e. The number of carbonyl (C=O) groups is 1. The molecular formula is C24H22O5. The minimum Gasteiger partial charge on any atom is -0.493 e. The summed E-state index contributed by atoms with van der Waals surface area (Å²) in [5, 5.41) is 1.99. The minimum absolute atomic E-state index is 0.405. The van der Waals surface area contributed by atoms with Crippen molar-refractivity contribution in [3.63, 3.8) is 0 Å². The van der Waals surface area contributed by atoms with Crippen molar-refractivity contribution >= 4 is 16.7 Å². The van der Waals surface area contributed by atoms with E-state index in [1.54, 1.807) is 14.2 Å². The van der Waals surface area contributed by atoms with Crippen molar-refractivity contribution in [2.75, 3.05) is 14.2 Å². The molecule has 148 valence electrons. The third-order valence-corrected chi connectivity index (χ3v) is 6.14. The highest BCUT2D eigenvalue weighted by molar-refractivity contribution is 5.97. The van der Waals surface area contributed by atoms with Crippen LogP contribution in [0, 0.1) is 0 Å². The molecule has 0 aromatic heterocycles. The highest BCUT2D eigenvalue weighted by atomic mass is 16.8. The molecule has 2 unspecified atom stereocenters. The number of esters is 1. The van der Waals surface area contributed by atoms with Crippen LogP contribution in [0.2, 0.25) is 0 Å². The summed E-state index contributed by atoms with van der Waals surface area (Å²) >= 11 is 0. The van der Waals surface area contributed by atoms with Crippen LogP contribution >= 0.6 is 0 Å². The summed E-state index contributed by atoms with van der Waals surface area (Å²) in [6.45, 7) is 4.02. The minimum atomic E-state index is -1.35. The van der Waals surface area contributed by atoms with Crippen LogP contribution in [0.25, 0.3) is 10.8 Å². The average Bonchev–Trinajstić information content (AvgIpc) is 3.08. The molecule has 3 aromatic carbocycles. The quantitative estimate of drug-likeness (QED) is 0.625. The number of hydrogen-bond acceptors (Lipinski definition) is 5. The molecule has 2 aliphatic heterocycles. The molecule has 3 aromatic rings. The zero-order valence-corrected chi connectivity index (χ0v) is 16.8. The van der Waals surface area contributed by atoms with E-state index in [1.165, 1.54) is 0 Å². The topological polar surface area (TPSA) is 54.0 Å². The van der Waals surface area contributed by atoms with Gasteiger partial charge in [0.1, 0.15) is 0 Å². The van der Waals surface area contributed by atoms with Crippen molar-refractivity contribution in [2.45, 2.75) is 31.2 Å². The van der Waals surface area contributed by atoms with E-state index in [0.717, 1.165) is 27.5 Å². The number of fused-ring (bicyclic) bond motifs is 5. The molecule has 0 spiro atoms. The molecule has 5 nitrogen and oxygen atoms in total. The van der Waals surface area contributed by atoms with Crippen LogP contribution in [-0.4, -0.2) is 26.5 Å². The van der Waals surface area contributed by atoms with E-state index in [1.807, 2.05) is 68.4 Å². The molecule has 0 saturated carbocycles. The maximum atomic E-state index is 13.4. The summed E-state index contributed by atoms with van der Waals surface area (Å²) in [6, 6.07) is 17.6. The Morgan fingerprint density at radius 1 is 0.862 bits per heavy atom. The van der Waals surface area contributed by atoms with Crippen molar-refractivity contribution in [1.29, 1.82) is 0 Å². The summed E-state index contributed by atoms with van der Waals surface area (Å²) in [7, 11) is 3.19. The number of methoxy groups -OCH3 is 2. The molecular weight excluding hydrogens is 368 g/mol. The normalized spacial score (nSPS) is 24.1. The van der Waals surface area contributed by atoms with E-state index in [2.05, 4.69) is 0 Å². The van der Waals surface area contributed by atoms with Crippen LogP contribution in [0.5, 0.6) is 11.5 Å². The van der Waals surface area contributed by atoms with Crippen LogP contribution in [0.1, 0.15) is 30.5 Å². The second kappa shape index (κ2) is 5.97. The Kier molecular flexibility index (Phi) is 3.71. The van der Waals surface area contributed by atoms with Gasteiger partial charge < -0.3 is 18.9 Å². The molecule has 0 amide bonds. The van der Waals surface area contributed by atoms with Gasteiger partial charge in [-0.1, -0.05) is 42.5 Å². The molecule has 2 atom stereocenters. The summed E-state index contributed by atoms with van der Waals surface area (Å²) in [6.07, 6.45) is -0.695. The highest BCUT2D eigenvalue weighted by Gasteiger charge is 2.63. The second-order valence-electron chi connectivity index (χ2n) is 8.04. The smallest absolute Gasteiger partial charge is 0.350 e. The number of carbonyl (C=O) groups excluding carboxylic acids is 1. The van der Waals surface area contributed by atoms with Gasteiger partial charge in [-0.2, -0.15) is 0 Å². The summed E-state index contributed by atoms with van der Waals surface area (Å²) < 4.78 is 23.3. The molecule has 1 saturated heterocycles. The average molecular weight is 390 g/mol. The fourth-order valence-corrected chi connectivity index (χ4v) is 4.56. The Morgan fingerprint density at radius 3 is 2.24 bits per heavy atom. The Hall–Kier alpha value is -3.05. The van der Waals surface area contributed by atoms with Gasteiger partial charge in [0, 0.05) is 11.1 Å². The molecule has 0 radical (unpaired) electrons. The molecule has 2 heterocycles. The summed E-state index contributed by atoms with van der Waals surface area (Å²) in [5.41, 5.74) is 0.554. The molecule has 0 aliphatic carbocycles. The van der Waals surface area contributed by atoms with Crippen molar-refractivity contribution in [3.8, 4) is 11.5 Å². The number of rotatable bonds is 3. The molecule has 29 heavy (non-hydrogen) atoms. The van der Waals surface area contributed by atoms with Crippen LogP contribution in [0.4, 0.5) is 0 Å². The third kappa shape index (κ3) is 2.22. The Labute approximate surface area is 169 Å². The predicted octanol–water partition coefficient (Wildman–Crippen LogP) is 4.29. The van der Waals surface area contributed by atoms with Crippen molar-refractivity contribution < 1.29 is 23.7 Å². The molecule has 1 fully saturated rings. The standard InChI is InChI=1S/C24H22O5/c1-23(2)17-12-19(26-3)20(27-4)13-18(17)24(21(25)28-22(23)29-24)16-11-7-9-14-8-5-6-10-15(14)16/h5-13,22H,1-4H3. The van der Waals surface area contributed by atoms with Crippen LogP contribution in [0.3, 0.4) is 0 Å². The maximum absolute atomic E-state index is 13.4. The van der Waals surface area contributed by atoms with Crippen molar-refractivity contribution in [2.24, 2.45) is 0 Å². The van der Waals surface area contributed by atoms with Gasteiger partial charge in [0.15, 0.2) is 11.5 Å². The van der Waals surface area contributed by atoms with Gasteiger partial charge in [0.2, 0.25) is 11.9 Å². The predicted molar refractivity (Wildman–Crippen MR) is 108 cm³/mol. The van der Waals surface area contributed by atoms with Gasteiger partial charge in [-0.3, -0.25) is 0 Å². The number of hydrogen-bond donors (Lipinski definition) is 0. The fourth-order valence-electron chi connectivity index (χ4n) is 4.56. The monoisotopic (exact) mass is 390 g/mol. The first-order valence-corrected chi connectivity index (χ1v) is 9.57. The van der Waals surface area contributed by atoms with Gasteiger partial charge in [-0.05, 0) is 42.3 Å². The van der Waals surface area contributed by atoms with Crippen LogP contribution in [-0.2, 0) is 25.3 Å². The molecule has 2 bridgehead atoms. The van der Waals surface area contributed by atoms with Crippen LogP contribution in [0.15, 0.2) is 54.6 Å². The Balaban J connectivity index is 1.90. The van der Waals surface area contributed by atoms with Gasteiger partial charge in [0.05, 0.1) is 19.6 Å². The zero-order valence-electron chi connectivity index (χ0n) is 16.8. The Morgan fingerprint density at radius 2 is 1.52 bits per heavy atom. The fraction of sp³-hybridized carbons (Fsp3) is 0.292. The van der Waals surface area contributed by atoms with E-state index < -0.39 is 23.3 Å².